The molecule has 0 amide bonds. The van der Waals surface area contributed by atoms with Gasteiger partial charge in [-0.15, -0.1) is 0 Å². The fraction of sp³-hybridized carbons (Fsp3) is 0.286. The van der Waals surface area contributed by atoms with E-state index in [1.54, 1.807) is 0 Å². The Bertz CT molecular complexity index is 274. The molecule has 0 N–H and O–H groups in total. The second-order valence-electron chi connectivity index (χ2n) is 2.05. The van der Waals surface area contributed by atoms with Crippen molar-refractivity contribution in [3.8, 4) is 0 Å². The molecular weight excluding hydrogens is 196 g/mol. The van der Waals surface area contributed by atoms with Crippen molar-refractivity contribution < 1.29 is 8.78 Å². The average Bonchev–Trinajstić information content (AvgIpc) is 2.14. The van der Waals surface area contributed by atoms with Crippen molar-refractivity contribution >= 4 is 11.8 Å². The predicted octanol–water partition coefficient (Wildman–Crippen LogP) is 2.13. The van der Waals surface area contributed by atoms with Gasteiger partial charge >= 0.3 is 0 Å². The Hall–Kier alpha value is -1.04. The highest BCUT2D eigenvalue weighted by atomic mass is 32.2. The van der Waals surface area contributed by atoms with E-state index in [1.165, 1.54) is 24.4 Å². The van der Waals surface area contributed by atoms with Crippen molar-refractivity contribution in [2.75, 3.05) is 5.75 Å². The lowest BCUT2D eigenvalue weighted by molar-refractivity contribution is 0.418. The predicted molar refractivity (Wildman–Crippen MR) is 45.5 cm³/mol. The van der Waals surface area contributed by atoms with Crippen molar-refractivity contribution in [3.05, 3.63) is 24.8 Å². The molecule has 0 aliphatic rings. The van der Waals surface area contributed by atoms with E-state index >= 15 is 0 Å². The van der Waals surface area contributed by atoms with Gasteiger partial charge in [0.05, 0.1) is 0 Å². The molecule has 3 nitrogen and oxygen atoms in total. The molecule has 0 spiro atoms. The molecule has 1 aromatic rings. The molecule has 70 valence electrons. The Balaban J connectivity index is 2.25. The first-order valence-corrected chi connectivity index (χ1v) is 4.53. The van der Waals surface area contributed by atoms with E-state index < -0.39 is 6.08 Å². The number of thioether (sulfide) groups is 1. The molecule has 0 saturated heterocycles. The molecule has 1 heterocycles. The fourth-order valence-electron chi connectivity index (χ4n) is 0.621. The third kappa shape index (κ3) is 4.51. The van der Waals surface area contributed by atoms with Crippen LogP contribution in [0.15, 0.2) is 30.0 Å². The zero-order valence-corrected chi connectivity index (χ0v) is 7.47. The summed E-state index contributed by atoms with van der Waals surface area (Å²) in [5.41, 5.74) is 0. The van der Waals surface area contributed by atoms with Crippen molar-refractivity contribution in [1.82, 2.24) is 15.0 Å². The van der Waals surface area contributed by atoms with Gasteiger partial charge < -0.3 is 0 Å². The summed E-state index contributed by atoms with van der Waals surface area (Å²) in [6.45, 7) is 0. The first kappa shape index (κ1) is 10.0. The summed E-state index contributed by atoms with van der Waals surface area (Å²) in [7, 11) is 0. The van der Waals surface area contributed by atoms with Gasteiger partial charge in [0.15, 0.2) is 5.16 Å². The summed E-state index contributed by atoms with van der Waals surface area (Å²) in [5.74, 6) is 0.543. The van der Waals surface area contributed by atoms with Crippen molar-refractivity contribution in [2.45, 2.75) is 11.6 Å². The lowest BCUT2D eigenvalue weighted by Crippen LogP contribution is -1.87. The molecule has 0 fully saturated rings. The largest absolute Gasteiger partial charge is 0.266 e. The topological polar surface area (TPSA) is 38.7 Å². The van der Waals surface area contributed by atoms with Crippen molar-refractivity contribution in [1.29, 1.82) is 0 Å². The smallest absolute Gasteiger partial charge is 0.225 e. The van der Waals surface area contributed by atoms with Gasteiger partial charge in [-0.2, -0.15) is 8.78 Å². The number of allylic oxidation sites excluding steroid dienone is 1. The lowest BCUT2D eigenvalue weighted by atomic mass is 10.5. The molecule has 6 heteroatoms. The normalized spacial score (nSPS) is 9.69. The van der Waals surface area contributed by atoms with Gasteiger partial charge in [-0.05, 0) is 12.5 Å². The highest BCUT2D eigenvalue weighted by Crippen LogP contribution is 2.12. The van der Waals surface area contributed by atoms with Crippen LogP contribution >= 0.6 is 11.8 Å². The van der Waals surface area contributed by atoms with Gasteiger partial charge in [0.1, 0.15) is 12.7 Å². The number of halogens is 2. The highest BCUT2D eigenvalue weighted by Gasteiger charge is 1.95. The van der Waals surface area contributed by atoms with E-state index in [-0.39, 0.29) is 0 Å². The summed E-state index contributed by atoms with van der Waals surface area (Å²) < 4.78 is 23.1. The summed E-state index contributed by atoms with van der Waals surface area (Å²) in [4.78, 5) is 11.3. The van der Waals surface area contributed by atoms with E-state index in [9.17, 15) is 8.78 Å². The van der Waals surface area contributed by atoms with Crippen LogP contribution in [0.5, 0.6) is 0 Å². The summed E-state index contributed by atoms with van der Waals surface area (Å²) >= 11 is 1.32. The summed E-state index contributed by atoms with van der Waals surface area (Å²) in [6.07, 6.45) is 2.31. The minimum Gasteiger partial charge on any atom is -0.225 e. The maximum absolute atomic E-state index is 11.6. The quantitative estimate of drug-likeness (QED) is 0.555. The molecular formula is C7H7F2N3S. The third-order valence-electron chi connectivity index (χ3n) is 1.12. The van der Waals surface area contributed by atoms with Gasteiger partial charge in [0.25, 0.3) is 6.08 Å². The Morgan fingerprint density at radius 1 is 1.38 bits per heavy atom. The maximum Gasteiger partial charge on any atom is 0.266 e. The van der Waals surface area contributed by atoms with Crippen molar-refractivity contribution in [3.63, 3.8) is 0 Å². The number of hydrogen-bond donors (Lipinski definition) is 0. The molecule has 13 heavy (non-hydrogen) atoms. The first-order valence-electron chi connectivity index (χ1n) is 3.55. The van der Waals surface area contributed by atoms with Gasteiger partial charge in [0.2, 0.25) is 0 Å². The highest BCUT2D eigenvalue weighted by molar-refractivity contribution is 7.99. The number of rotatable bonds is 4. The van der Waals surface area contributed by atoms with Crippen LogP contribution in [-0.2, 0) is 0 Å². The summed E-state index contributed by atoms with van der Waals surface area (Å²) in [6, 6.07) is 0. The van der Waals surface area contributed by atoms with Crippen LogP contribution in [0.25, 0.3) is 0 Å². The van der Waals surface area contributed by atoms with Crippen LogP contribution in [-0.4, -0.2) is 20.7 Å². The minimum absolute atomic E-state index is 0.318. The fourth-order valence-corrected chi connectivity index (χ4v) is 1.28. The third-order valence-corrected chi connectivity index (χ3v) is 2.03. The van der Waals surface area contributed by atoms with Crippen LogP contribution < -0.4 is 0 Å². The molecule has 0 aromatic carbocycles. The molecule has 0 unspecified atom stereocenters. The van der Waals surface area contributed by atoms with Gasteiger partial charge in [-0.25, -0.2) is 15.0 Å². The van der Waals surface area contributed by atoms with E-state index in [4.69, 9.17) is 0 Å². The molecule has 1 rings (SSSR count). The van der Waals surface area contributed by atoms with E-state index in [1.807, 2.05) is 0 Å². The second kappa shape index (κ2) is 5.58. The van der Waals surface area contributed by atoms with Crippen LogP contribution in [0.1, 0.15) is 6.42 Å². The van der Waals surface area contributed by atoms with E-state index in [0.29, 0.717) is 17.3 Å². The lowest BCUT2D eigenvalue weighted by Gasteiger charge is -1.94. The molecule has 0 aliphatic carbocycles. The van der Waals surface area contributed by atoms with Gasteiger partial charge in [-0.3, -0.25) is 0 Å². The van der Waals surface area contributed by atoms with Crippen LogP contribution in [0.2, 0.25) is 0 Å². The van der Waals surface area contributed by atoms with Crippen LogP contribution in [0, 0.1) is 0 Å². The zero-order chi connectivity index (χ0) is 9.52. The molecule has 0 saturated carbocycles. The average molecular weight is 203 g/mol. The molecule has 0 atom stereocenters. The Labute approximate surface area is 78.3 Å². The number of aromatic nitrogens is 3. The summed E-state index contributed by atoms with van der Waals surface area (Å²) in [5, 5.41) is 0.558. The minimum atomic E-state index is -1.64. The van der Waals surface area contributed by atoms with Gasteiger partial charge in [0, 0.05) is 5.75 Å². The standard InChI is InChI=1S/C7H7F2N3S/c8-6(9)2-1-3-13-7-11-4-10-5-12-7/h2,4-5H,1,3H2. The molecule has 1 aromatic heterocycles. The Morgan fingerprint density at radius 2 is 2.08 bits per heavy atom. The number of nitrogens with zero attached hydrogens (tertiary/aromatic N) is 3. The monoisotopic (exact) mass is 203 g/mol. The van der Waals surface area contributed by atoms with Crippen LogP contribution in [0.4, 0.5) is 8.78 Å². The van der Waals surface area contributed by atoms with E-state index in [2.05, 4.69) is 15.0 Å². The molecule has 0 radical (unpaired) electrons. The van der Waals surface area contributed by atoms with E-state index in [0.717, 1.165) is 6.08 Å². The SMILES string of the molecule is FC(F)=CCCSc1ncncn1. The van der Waals surface area contributed by atoms with Gasteiger partial charge in [-0.1, -0.05) is 11.8 Å². The zero-order valence-electron chi connectivity index (χ0n) is 6.65. The Kier molecular flexibility index (Phi) is 4.31. The second-order valence-corrected chi connectivity index (χ2v) is 3.11. The maximum atomic E-state index is 11.6. The molecule has 0 bridgehead atoms. The number of hydrogen-bond acceptors (Lipinski definition) is 4. The molecule has 0 aliphatic heterocycles. The van der Waals surface area contributed by atoms with Crippen LogP contribution in [0.3, 0.4) is 0 Å². The Morgan fingerprint density at radius 3 is 2.69 bits per heavy atom. The first-order chi connectivity index (χ1) is 6.29. The van der Waals surface area contributed by atoms with Crippen molar-refractivity contribution in [2.24, 2.45) is 0 Å².